The molecule has 6 aromatic rings. The lowest BCUT2D eigenvalue weighted by atomic mass is 9.90. The molecule has 6 nitrogen and oxygen atoms in total. The zero-order valence-electron chi connectivity index (χ0n) is 36.9. The van der Waals surface area contributed by atoms with Gasteiger partial charge in [0, 0.05) is 22.3 Å². The Morgan fingerprint density at radius 3 is 1.15 bits per heavy atom. The zero-order chi connectivity index (χ0) is 43.2. The molecule has 12 rings (SSSR count). The van der Waals surface area contributed by atoms with Crippen LogP contribution in [0, 0.1) is 11.8 Å². The topological polar surface area (TPSA) is 53.0 Å². The minimum absolute atomic E-state index is 0.422. The Bertz CT molecular complexity index is 2880. The number of aliphatic imine (C=N–C) groups is 2. The Morgan fingerprint density at radius 1 is 0.400 bits per heavy atom. The highest BCUT2D eigenvalue weighted by Crippen LogP contribution is 2.66. The van der Waals surface area contributed by atoms with Crippen LogP contribution in [0.25, 0.3) is 22.3 Å². The number of fused-ring (bicyclic) bond motifs is 2. The SMILES string of the molecule is C1=CC2=C(c3ccccc3)c3ccc4n3[P+](OCC3CCCCC3)(OCC3CCCCC3)n3c(ccc3=C(c3ccccc3)C3=NC(=C4c4ccccc4)C=C3)=C(c3ccccc3)C1=N2. The third kappa shape index (κ3) is 7.24. The van der Waals surface area contributed by atoms with Crippen molar-refractivity contribution in [2.45, 2.75) is 64.2 Å². The van der Waals surface area contributed by atoms with Gasteiger partial charge in [0.15, 0.2) is 0 Å². The summed E-state index contributed by atoms with van der Waals surface area (Å²) in [6.45, 7) is 1.20. The van der Waals surface area contributed by atoms with Crippen molar-refractivity contribution in [2.24, 2.45) is 21.8 Å². The van der Waals surface area contributed by atoms with Gasteiger partial charge in [-0.3, -0.25) is 0 Å². The Hall–Kier alpha value is -6.17. The van der Waals surface area contributed by atoms with E-state index < -0.39 is 8.02 Å². The van der Waals surface area contributed by atoms with Crippen molar-refractivity contribution in [3.8, 4) is 0 Å². The highest BCUT2D eigenvalue weighted by atomic mass is 31.2. The first kappa shape index (κ1) is 40.3. The van der Waals surface area contributed by atoms with Crippen molar-refractivity contribution in [1.82, 2.24) is 8.68 Å². The molecule has 6 aliphatic rings. The van der Waals surface area contributed by atoms with Gasteiger partial charge < -0.3 is 0 Å². The van der Waals surface area contributed by atoms with Crippen LogP contribution >= 0.6 is 8.02 Å². The van der Waals surface area contributed by atoms with Gasteiger partial charge >= 0.3 is 8.02 Å². The van der Waals surface area contributed by atoms with Crippen LogP contribution in [0.3, 0.4) is 0 Å². The van der Waals surface area contributed by atoms with Crippen molar-refractivity contribution in [3.63, 3.8) is 0 Å². The lowest BCUT2D eigenvalue weighted by Gasteiger charge is -2.33. The normalized spacial score (nSPS) is 19.2. The van der Waals surface area contributed by atoms with Crippen LogP contribution < -0.4 is 10.7 Å². The first-order valence-corrected chi connectivity index (χ1v) is 25.4. The molecule has 7 heteroatoms. The molecule has 0 N–H and O–H groups in total. The molecule has 2 fully saturated rings. The number of aromatic nitrogens is 2. The summed E-state index contributed by atoms with van der Waals surface area (Å²) >= 11 is 0. The van der Waals surface area contributed by atoms with E-state index in [1.54, 1.807) is 0 Å². The molecule has 0 spiro atoms. The van der Waals surface area contributed by atoms with Gasteiger partial charge in [-0.05, 0) is 108 Å². The van der Waals surface area contributed by atoms with E-state index in [2.05, 4.69) is 179 Å². The Kier molecular flexibility index (Phi) is 10.8. The summed E-state index contributed by atoms with van der Waals surface area (Å²) in [5.41, 5.74) is 14.3. The molecular weight excluding hydrogens is 816 g/mol. The van der Waals surface area contributed by atoms with Crippen molar-refractivity contribution in [1.29, 1.82) is 0 Å². The van der Waals surface area contributed by atoms with Gasteiger partial charge in [-0.25, -0.2) is 9.98 Å². The highest BCUT2D eigenvalue weighted by Gasteiger charge is 2.56. The van der Waals surface area contributed by atoms with Crippen molar-refractivity contribution in [2.75, 3.05) is 13.2 Å². The fourth-order valence-electron chi connectivity index (χ4n) is 11.0. The first-order valence-electron chi connectivity index (χ1n) is 23.9. The smallest absolute Gasteiger partial charge is 0.248 e. The summed E-state index contributed by atoms with van der Waals surface area (Å²) < 4.78 is 21.5. The van der Waals surface area contributed by atoms with Crippen molar-refractivity contribution in [3.05, 3.63) is 226 Å². The second kappa shape index (κ2) is 17.3. The highest BCUT2D eigenvalue weighted by molar-refractivity contribution is 7.63. The quantitative estimate of drug-likeness (QED) is 0.129. The summed E-state index contributed by atoms with van der Waals surface area (Å²) in [6, 6.07) is 52.6. The molecule has 6 bridgehead atoms. The van der Waals surface area contributed by atoms with Gasteiger partial charge in [0.2, 0.25) is 0 Å². The zero-order valence-corrected chi connectivity index (χ0v) is 37.8. The van der Waals surface area contributed by atoms with Crippen LogP contribution in [0.1, 0.15) is 97.8 Å². The van der Waals surface area contributed by atoms with E-state index in [9.17, 15) is 0 Å². The Labute approximate surface area is 382 Å². The van der Waals surface area contributed by atoms with E-state index >= 15 is 0 Å². The molecule has 65 heavy (non-hydrogen) atoms. The van der Waals surface area contributed by atoms with E-state index in [1.165, 1.54) is 38.5 Å². The number of hydrogen-bond acceptors (Lipinski definition) is 4. The molecule has 0 atom stereocenters. The average Bonchev–Trinajstić information content (AvgIpc) is 4.21. The second-order valence-electron chi connectivity index (χ2n) is 18.3. The summed E-state index contributed by atoms with van der Waals surface area (Å²) in [5, 5.41) is 2.04. The third-order valence-electron chi connectivity index (χ3n) is 14.2. The van der Waals surface area contributed by atoms with E-state index in [-0.39, 0.29) is 0 Å². The van der Waals surface area contributed by atoms with Crippen molar-refractivity contribution >= 4 is 41.7 Å². The number of rotatable bonds is 10. The van der Waals surface area contributed by atoms with Gasteiger partial charge in [-0.15, -0.1) is 8.68 Å². The lowest BCUT2D eigenvalue weighted by molar-refractivity contribution is 0.142. The van der Waals surface area contributed by atoms with Crippen LogP contribution in [-0.4, -0.2) is 33.3 Å². The molecule has 0 saturated heterocycles. The molecule has 0 radical (unpaired) electrons. The molecule has 4 aliphatic heterocycles. The van der Waals surface area contributed by atoms with Gasteiger partial charge in [0.05, 0.1) is 44.9 Å². The van der Waals surface area contributed by atoms with Gasteiger partial charge in [-0.1, -0.05) is 160 Å². The average molecular weight is 870 g/mol. The Balaban J connectivity index is 1.32. The minimum Gasteiger partial charge on any atom is -0.248 e. The molecule has 4 aromatic carbocycles. The minimum atomic E-state index is -3.54. The predicted octanol–water partition coefficient (Wildman–Crippen LogP) is 12.5. The van der Waals surface area contributed by atoms with E-state index in [1.807, 2.05) is 0 Å². The Morgan fingerprint density at radius 2 is 0.769 bits per heavy atom. The fourth-order valence-corrected chi connectivity index (χ4v) is 14.3. The van der Waals surface area contributed by atoms with Crippen molar-refractivity contribution < 1.29 is 9.05 Å². The van der Waals surface area contributed by atoms with Gasteiger partial charge in [0.25, 0.3) is 0 Å². The lowest BCUT2D eigenvalue weighted by Crippen LogP contribution is -2.39. The molecule has 2 aromatic heterocycles. The maximum atomic E-state index is 8.20. The standard InChI is InChI=1S/C58H54N4O2P/c1-7-19-41(20-8-1)39-63-65(64-40-42-21-9-2-10-22-42)61-51-35-36-52(61)57(45-27-15-5-16-28-45)49-33-34-50(60-49)58(46-29-17-6-18-30-46)54-38-37-53(62(54)65)56(44-25-13-4-14-26-44)48-32-31-47(59-48)55(51)43-23-11-3-12-24-43/h3-6,11-18,23-38,41-42H,1-2,7-10,19-22,39-40H2/q+1. The number of nitrogens with zero attached hydrogens (tertiary/aromatic N) is 4. The maximum Gasteiger partial charge on any atom is 0.497 e. The molecule has 2 aliphatic carbocycles. The first-order chi connectivity index (χ1) is 32.2. The molecule has 0 unspecified atom stereocenters. The molecule has 0 amide bonds. The van der Waals surface area contributed by atoms with Crippen LogP contribution in [0.4, 0.5) is 0 Å². The van der Waals surface area contributed by atoms with Gasteiger partial charge in [-0.2, -0.15) is 9.05 Å². The van der Waals surface area contributed by atoms with Crippen LogP contribution in [0.15, 0.2) is 191 Å². The van der Waals surface area contributed by atoms with Crippen LogP contribution in [0.5, 0.6) is 0 Å². The molecular formula is C58H54N4O2P+. The third-order valence-corrected chi connectivity index (χ3v) is 17.0. The summed E-state index contributed by atoms with van der Waals surface area (Å²) in [5.74, 6) is 0.844. The van der Waals surface area contributed by atoms with Gasteiger partial charge in [0.1, 0.15) is 13.2 Å². The van der Waals surface area contributed by atoms with E-state index in [4.69, 9.17) is 19.0 Å². The summed E-state index contributed by atoms with van der Waals surface area (Å²) in [6.07, 6.45) is 21.0. The maximum absolute atomic E-state index is 8.20. The monoisotopic (exact) mass is 869 g/mol. The van der Waals surface area contributed by atoms with Crippen LogP contribution in [-0.2, 0) is 9.05 Å². The second-order valence-corrected chi connectivity index (χ2v) is 20.6. The number of benzene rings is 4. The summed E-state index contributed by atoms with van der Waals surface area (Å²) in [4.78, 5) is 11.3. The predicted molar refractivity (Wildman–Crippen MR) is 267 cm³/mol. The molecule has 322 valence electrons. The number of allylic oxidation sites excluding steroid dienone is 4. The number of hydrogen-bond donors (Lipinski definition) is 0. The molecule has 2 saturated carbocycles. The largest absolute Gasteiger partial charge is 0.497 e. The summed E-state index contributed by atoms with van der Waals surface area (Å²) in [7, 11) is -3.54. The van der Waals surface area contributed by atoms with E-state index in [0.29, 0.717) is 25.0 Å². The molecule has 6 heterocycles. The van der Waals surface area contributed by atoms with Crippen LogP contribution in [0.2, 0.25) is 0 Å². The fraction of sp³-hybridized carbons (Fsp3) is 0.241. The van der Waals surface area contributed by atoms with E-state index in [0.717, 1.165) is 115 Å².